The molecule has 8 rings (SSSR count). The van der Waals surface area contributed by atoms with Crippen molar-refractivity contribution in [3.8, 4) is 0 Å². The molecule has 6 N–H and O–H groups in total. The summed E-state index contributed by atoms with van der Waals surface area (Å²) in [6, 6.07) is 14.5. The fourth-order valence-electron chi connectivity index (χ4n) is 7.96. The highest BCUT2D eigenvalue weighted by atomic mass is 32.2. The summed E-state index contributed by atoms with van der Waals surface area (Å²) in [6.07, 6.45) is 5.70. The number of aryl methyl sites for hydroxylation is 4. The number of nitrogens with one attached hydrogen (secondary N) is 6. The summed E-state index contributed by atoms with van der Waals surface area (Å²) in [4.78, 5) is 62.7. The van der Waals surface area contributed by atoms with Gasteiger partial charge in [-0.2, -0.15) is 0 Å². The van der Waals surface area contributed by atoms with Gasteiger partial charge in [-0.1, -0.05) is 12.1 Å². The van der Waals surface area contributed by atoms with Crippen molar-refractivity contribution in [1.82, 2.24) is 18.3 Å². The lowest BCUT2D eigenvalue weighted by molar-refractivity contribution is 0.101. The van der Waals surface area contributed by atoms with Crippen LogP contribution in [0.15, 0.2) is 129 Å². The summed E-state index contributed by atoms with van der Waals surface area (Å²) in [7, 11) is -14.8. The predicted molar refractivity (Wildman–Crippen MR) is 266 cm³/mol. The number of nitrogens with zero attached hydrogens (tertiary/aromatic N) is 4. The molecule has 0 spiro atoms. The van der Waals surface area contributed by atoms with Crippen LogP contribution in [0.3, 0.4) is 0 Å². The van der Waals surface area contributed by atoms with Gasteiger partial charge < -0.3 is 68.4 Å². The number of urea groups is 1. The standard InChI is InChI=1S/C45H40N10O17S4/c1-52-19-27(13-35(52)41(56)46-25-7-5-23-9-31(73(61,62)63)17-39(33(23)11-25)75(67,68)69)48-43(58)37-15-29(21-54(37)3)50-45(60)51-30-16-38(55(4)22-30)44(59)49-28-14-36(53(2)20-28)42(57)47-26-8-6-24-10-32(74(64,65)66)18-40(34(24)12-26)76(70,71)72/h5-22H,1-4H3,(H,46,56)(H,47,57)(H,48,58)(H,49,59)(H2,50,51,60)(H,61,62,63)(H,64,65,66)(H,67,68,69)(H,70,71,72)/p-4. The molecule has 0 aliphatic heterocycles. The first-order chi connectivity index (χ1) is 35.3. The van der Waals surface area contributed by atoms with Gasteiger partial charge in [0.05, 0.1) is 42.3 Å². The summed E-state index contributed by atoms with van der Waals surface area (Å²) in [6.45, 7) is 0. The van der Waals surface area contributed by atoms with Gasteiger partial charge in [0.1, 0.15) is 63.2 Å². The molecule has 27 nitrogen and oxygen atoms in total. The predicted octanol–water partition coefficient (Wildman–Crippen LogP) is 3.62. The van der Waals surface area contributed by atoms with Gasteiger partial charge in [0.15, 0.2) is 0 Å². The first kappa shape index (κ1) is 53.6. The quantitative estimate of drug-likeness (QED) is 0.0847. The van der Waals surface area contributed by atoms with Gasteiger partial charge in [-0.15, -0.1) is 0 Å². The summed E-state index contributed by atoms with van der Waals surface area (Å²) in [5, 5.41) is 14.9. The average molecular weight is 1120 g/mol. The second-order valence-corrected chi connectivity index (χ2v) is 22.3. The van der Waals surface area contributed by atoms with Crippen LogP contribution in [0.5, 0.6) is 0 Å². The summed E-state index contributed by atoms with van der Waals surface area (Å²) >= 11 is 0. The van der Waals surface area contributed by atoms with Crippen LogP contribution in [0, 0.1) is 0 Å². The van der Waals surface area contributed by atoms with Crippen LogP contribution in [0.2, 0.25) is 0 Å². The molecule has 0 radical (unpaired) electrons. The number of hydrogen-bond donors (Lipinski definition) is 6. The third kappa shape index (κ3) is 11.5. The Hall–Kier alpha value is -8.69. The molecule has 4 heterocycles. The first-order valence-corrected chi connectivity index (χ1v) is 26.9. The number of benzene rings is 4. The zero-order chi connectivity index (χ0) is 55.6. The lowest BCUT2D eigenvalue weighted by Crippen LogP contribution is -2.18. The minimum Gasteiger partial charge on any atom is -0.744 e. The van der Waals surface area contributed by atoms with E-state index in [4.69, 9.17) is 0 Å². The van der Waals surface area contributed by atoms with Gasteiger partial charge in [0.2, 0.25) is 0 Å². The molecular formula is C45H36N10O17S4-4. The average Bonchev–Trinajstić information content (AvgIpc) is 4.08. The summed E-state index contributed by atoms with van der Waals surface area (Å²) in [5.41, 5.74) is 0.831. The van der Waals surface area contributed by atoms with Gasteiger partial charge >= 0.3 is 6.03 Å². The van der Waals surface area contributed by atoms with E-state index in [1.807, 2.05) is 0 Å². The number of carbonyl (C=O) groups is 5. The van der Waals surface area contributed by atoms with E-state index in [-0.39, 0.29) is 78.4 Å². The van der Waals surface area contributed by atoms with Crippen LogP contribution in [0.4, 0.5) is 38.9 Å². The maximum absolute atomic E-state index is 13.4. The zero-order valence-electron chi connectivity index (χ0n) is 39.3. The Kier molecular flexibility index (Phi) is 13.8. The molecule has 31 heteroatoms. The molecule has 0 aliphatic rings. The van der Waals surface area contributed by atoms with E-state index < -0.39 is 89.7 Å². The van der Waals surface area contributed by atoms with E-state index in [1.54, 1.807) is 0 Å². The smallest absolute Gasteiger partial charge is 0.323 e. The van der Waals surface area contributed by atoms with E-state index in [0.717, 1.165) is 24.3 Å². The van der Waals surface area contributed by atoms with Crippen molar-refractivity contribution in [1.29, 1.82) is 0 Å². The molecule has 0 saturated carbocycles. The van der Waals surface area contributed by atoms with Crippen molar-refractivity contribution in [2.75, 3.05) is 31.9 Å². The molecule has 396 valence electrons. The second kappa shape index (κ2) is 19.5. The second-order valence-electron chi connectivity index (χ2n) is 16.8. The Morgan fingerprint density at radius 2 is 0.632 bits per heavy atom. The monoisotopic (exact) mass is 1120 g/mol. The lowest BCUT2D eigenvalue weighted by Gasteiger charge is -2.16. The lowest BCUT2D eigenvalue weighted by atomic mass is 10.1. The van der Waals surface area contributed by atoms with Crippen molar-refractivity contribution >= 4 is 126 Å². The van der Waals surface area contributed by atoms with Crippen molar-refractivity contribution in [2.45, 2.75) is 19.6 Å². The Morgan fingerprint density at radius 1 is 0.355 bits per heavy atom. The van der Waals surface area contributed by atoms with E-state index in [0.29, 0.717) is 12.1 Å². The molecule has 76 heavy (non-hydrogen) atoms. The zero-order valence-corrected chi connectivity index (χ0v) is 42.5. The molecule has 0 saturated heterocycles. The highest BCUT2D eigenvalue weighted by Crippen LogP contribution is 2.32. The maximum Gasteiger partial charge on any atom is 0.323 e. The van der Waals surface area contributed by atoms with Crippen molar-refractivity contribution in [3.63, 3.8) is 0 Å². The SMILES string of the molecule is Cn1cc(NC(=O)Nc2cc(C(=O)Nc3cc(C(=O)Nc4ccc5cc(S(=O)(=O)[O-])cc(S(=O)(=O)[O-])c5c4)n(C)c3)n(C)c2)cc1C(=O)Nc1cc(C(=O)Nc2ccc3cc(S(=O)(=O)[O-])cc(S(=O)(=O)[O-])c3c2)n(C)c1. The van der Waals surface area contributed by atoms with E-state index in [9.17, 15) is 75.9 Å². The van der Waals surface area contributed by atoms with Crippen molar-refractivity contribution in [2.24, 2.45) is 28.2 Å². The third-order valence-corrected chi connectivity index (χ3v) is 14.8. The summed E-state index contributed by atoms with van der Waals surface area (Å²) < 4.78 is 147. The van der Waals surface area contributed by atoms with Gasteiger partial charge in [0, 0.05) is 75.1 Å². The van der Waals surface area contributed by atoms with Crippen LogP contribution in [0.1, 0.15) is 42.0 Å². The van der Waals surface area contributed by atoms with Crippen LogP contribution in [-0.2, 0) is 68.7 Å². The molecule has 0 aliphatic carbocycles. The number of hydrogen-bond acceptors (Lipinski definition) is 17. The molecular weight excluding hydrogens is 1080 g/mol. The highest BCUT2D eigenvalue weighted by Gasteiger charge is 2.22. The fourth-order valence-corrected chi connectivity index (χ4v) is 10.6. The number of amides is 6. The molecule has 6 amide bonds. The fraction of sp³-hybridized carbons (Fsp3) is 0.0889. The minimum absolute atomic E-state index is 0.00134. The molecule has 0 bridgehead atoms. The number of carbonyl (C=O) groups excluding carboxylic acids is 5. The van der Waals surface area contributed by atoms with Gasteiger partial charge in [-0.25, -0.2) is 38.5 Å². The Labute approximate surface area is 430 Å². The Balaban J connectivity index is 0.872. The van der Waals surface area contributed by atoms with Crippen LogP contribution < -0.4 is 31.9 Å². The van der Waals surface area contributed by atoms with Gasteiger partial charge in [-0.3, -0.25) is 19.2 Å². The largest absolute Gasteiger partial charge is 0.744 e. The number of anilines is 6. The third-order valence-electron chi connectivity index (χ3n) is 11.4. The molecule has 0 unspecified atom stereocenters. The first-order valence-electron chi connectivity index (χ1n) is 21.3. The van der Waals surface area contributed by atoms with Crippen LogP contribution in [0.25, 0.3) is 21.5 Å². The van der Waals surface area contributed by atoms with Crippen LogP contribution >= 0.6 is 0 Å². The van der Waals surface area contributed by atoms with Crippen molar-refractivity contribution < 1.29 is 75.9 Å². The van der Waals surface area contributed by atoms with Crippen LogP contribution in [-0.4, -0.2) is 99.8 Å². The minimum atomic E-state index is -5.28. The van der Waals surface area contributed by atoms with Crippen molar-refractivity contribution in [3.05, 3.63) is 132 Å². The highest BCUT2D eigenvalue weighted by molar-refractivity contribution is 7.87. The van der Waals surface area contributed by atoms with E-state index >= 15 is 0 Å². The normalized spacial score (nSPS) is 12.1. The van der Waals surface area contributed by atoms with E-state index in [1.165, 1.54) is 120 Å². The number of rotatable bonds is 14. The maximum atomic E-state index is 13.4. The Morgan fingerprint density at radius 3 is 0.908 bits per heavy atom. The molecule has 0 fully saturated rings. The summed E-state index contributed by atoms with van der Waals surface area (Å²) in [5.74, 6) is -2.79. The van der Waals surface area contributed by atoms with E-state index in [2.05, 4.69) is 31.9 Å². The number of aromatic nitrogens is 4. The van der Waals surface area contributed by atoms with Gasteiger partial charge in [0.25, 0.3) is 23.6 Å². The Bertz CT molecular complexity index is 4020. The molecule has 4 aromatic heterocycles. The van der Waals surface area contributed by atoms with Gasteiger partial charge in [-0.05, 0) is 83.6 Å². The molecule has 8 aromatic rings. The number of fused-ring (bicyclic) bond motifs is 2. The topological polar surface area (TPSA) is 406 Å². The molecule has 4 aromatic carbocycles. The molecule has 0 atom stereocenters.